The molecule has 0 aliphatic heterocycles. The summed E-state index contributed by atoms with van der Waals surface area (Å²) >= 11 is 0. The summed E-state index contributed by atoms with van der Waals surface area (Å²) < 4.78 is 0. The average Bonchev–Trinajstić information content (AvgIpc) is 2.57. The predicted octanol–water partition coefficient (Wildman–Crippen LogP) is 1.04. The maximum absolute atomic E-state index is 11.1. The summed E-state index contributed by atoms with van der Waals surface area (Å²) in [5.41, 5.74) is -0.497. The van der Waals surface area contributed by atoms with Gasteiger partial charge in [0.1, 0.15) is 0 Å². The number of rotatable bonds is 2. The summed E-state index contributed by atoms with van der Waals surface area (Å²) in [5, 5.41) is 18.2. The quantitative estimate of drug-likeness (QED) is 0.709. The standard InChI is InChI=1S/C11H10O4/c12-9(13)11(10(14)15)6-5-7-3-1-2-4-8(7)11/h1-4H,5-6H2,(H,12,13)(H,14,15). The van der Waals surface area contributed by atoms with Crippen LogP contribution in [0.4, 0.5) is 0 Å². The fourth-order valence-corrected chi connectivity index (χ4v) is 2.15. The molecule has 0 spiro atoms. The highest BCUT2D eigenvalue weighted by atomic mass is 16.4. The summed E-state index contributed by atoms with van der Waals surface area (Å²) in [4.78, 5) is 22.3. The Hall–Kier alpha value is -1.84. The highest BCUT2D eigenvalue weighted by Gasteiger charge is 2.52. The van der Waals surface area contributed by atoms with Gasteiger partial charge in [0.05, 0.1) is 0 Å². The molecule has 1 aliphatic rings. The number of hydrogen-bond donors (Lipinski definition) is 2. The Bertz CT molecular complexity index is 422. The molecule has 0 heterocycles. The average molecular weight is 206 g/mol. The van der Waals surface area contributed by atoms with Crippen molar-refractivity contribution in [1.82, 2.24) is 0 Å². The molecule has 0 aromatic heterocycles. The molecule has 1 aliphatic carbocycles. The molecular weight excluding hydrogens is 196 g/mol. The van der Waals surface area contributed by atoms with E-state index in [4.69, 9.17) is 10.2 Å². The minimum absolute atomic E-state index is 0.136. The normalized spacial score (nSPS) is 17.1. The van der Waals surface area contributed by atoms with Crippen molar-refractivity contribution in [2.75, 3.05) is 0 Å². The van der Waals surface area contributed by atoms with Crippen molar-refractivity contribution in [2.24, 2.45) is 0 Å². The smallest absolute Gasteiger partial charge is 0.325 e. The van der Waals surface area contributed by atoms with Gasteiger partial charge in [-0.1, -0.05) is 24.3 Å². The van der Waals surface area contributed by atoms with Crippen LogP contribution in [0.25, 0.3) is 0 Å². The van der Waals surface area contributed by atoms with Crippen LogP contribution in [0.5, 0.6) is 0 Å². The van der Waals surface area contributed by atoms with Crippen molar-refractivity contribution in [3.63, 3.8) is 0 Å². The minimum Gasteiger partial charge on any atom is -0.480 e. The second-order valence-corrected chi connectivity index (χ2v) is 3.67. The maximum Gasteiger partial charge on any atom is 0.325 e. The van der Waals surface area contributed by atoms with E-state index in [9.17, 15) is 9.59 Å². The molecule has 0 saturated heterocycles. The maximum atomic E-state index is 11.1. The van der Waals surface area contributed by atoms with Gasteiger partial charge in [0.15, 0.2) is 5.41 Å². The number of hydrogen-bond acceptors (Lipinski definition) is 2. The van der Waals surface area contributed by atoms with Crippen molar-refractivity contribution >= 4 is 11.9 Å². The zero-order chi connectivity index (χ0) is 11.1. The molecule has 0 amide bonds. The third-order valence-electron chi connectivity index (χ3n) is 2.98. The van der Waals surface area contributed by atoms with Crippen LogP contribution in [0.15, 0.2) is 24.3 Å². The first-order chi connectivity index (χ1) is 7.09. The number of carboxylic acid groups (broad SMARTS) is 2. The number of aryl methyl sites for hydroxylation is 1. The van der Waals surface area contributed by atoms with Crippen molar-refractivity contribution in [3.8, 4) is 0 Å². The van der Waals surface area contributed by atoms with E-state index in [2.05, 4.69) is 0 Å². The van der Waals surface area contributed by atoms with E-state index in [-0.39, 0.29) is 6.42 Å². The number of benzene rings is 1. The van der Waals surface area contributed by atoms with E-state index < -0.39 is 17.4 Å². The van der Waals surface area contributed by atoms with Crippen LogP contribution in [0.1, 0.15) is 17.5 Å². The van der Waals surface area contributed by atoms with E-state index in [0.717, 1.165) is 5.56 Å². The van der Waals surface area contributed by atoms with Gasteiger partial charge in [-0.15, -0.1) is 0 Å². The second kappa shape index (κ2) is 3.08. The van der Waals surface area contributed by atoms with Crippen molar-refractivity contribution in [1.29, 1.82) is 0 Å². The van der Waals surface area contributed by atoms with Gasteiger partial charge in [-0.05, 0) is 24.0 Å². The predicted molar refractivity (Wildman–Crippen MR) is 51.7 cm³/mol. The largest absolute Gasteiger partial charge is 0.480 e. The van der Waals surface area contributed by atoms with Gasteiger partial charge in [-0.2, -0.15) is 0 Å². The highest BCUT2D eigenvalue weighted by Crippen LogP contribution is 2.39. The SMILES string of the molecule is O=C(O)C1(C(=O)O)CCc2ccccc21. The van der Waals surface area contributed by atoms with Crippen LogP contribution in [-0.4, -0.2) is 22.2 Å². The summed E-state index contributed by atoms with van der Waals surface area (Å²) in [6.45, 7) is 0. The Morgan fingerprint density at radius 2 is 1.73 bits per heavy atom. The fourth-order valence-electron chi connectivity index (χ4n) is 2.15. The lowest BCUT2D eigenvalue weighted by Crippen LogP contribution is -2.41. The number of carboxylic acids is 2. The lowest BCUT2D eigenvalue weighted by molar-refractivity contribution is -0.157. The Balaban J connectivity index is 2.64. The zero-order valence-electron chi connectivity index (χ0n) is 7.93. The van der Waals surface area contributed by atoms with Gasteiger partial charge in [-0.25, -0.2) is 0 Å². The molecule has 1 aromatic carbocycles. The zero-order valence-corrected chi connectivity index (χ0v) is 7.93. The van der Waals surface area contributed by atoms with Crippen LogP contribution < -0.4 is 0 Å². The van der Waals surface area contributed by atoms with E-state index >= 15 is 0 Å². The topological polar surface area (TPSA) is 74.6 Å². The monoisotopic (exact) mass is 206 g/mol. The molecule has 15 heavy (non-hydrogen) atoms. The molecule has 0 fully saturated rings. The first kappa shape index (κ1) is 9.71. The third-order valence-corrected chi connectivity index (χ3v) is 2.98. The van der Waals surface area contributed by atoms with Gasteiger partial charge in [0.2, 0.25) is 0 Å². The molecule has 0 unspecified atom stereocenters. The molecule has 78 valence electrons. The van der Waals surface area contributed by atoms with Gasteiger partial charge >= 0.3 is 11.9 Å². The number of carbonyl (C=O) groups is 2. The van der Waals surface area contributed by atoms with Crippen molar-refractivity contribution in [2.45, 2.75) is 18.3 Å². The number of aliphatic carboxylic acids is 2. The number of fused-ring (bicyclic) bond motifs is 1. The summed E-state index contributed by atoms with van der Waals surface area (Å²) in [6, 6.07) is 6.83. The van der Waals surface area contributed by atoms with Crippen molar-refractivity contribution in [3.05, 3.63) is 35.4 Å². The van der Waals surface area contributed by atoms with E-state index in [0.29, 0.717) is 12.0 Å². The fraction of sp³-hybridized carbons (Fsp3) is 0.273. The Labute approximate surface area is 86.2 Å². The Morgan fingerprint density at radius 3 is 2.33 bits per heavy atom. The van der Waals surface area contributed by atoms with E-state index in [1.807, 2.05) is 0 Å². The molecule has 0 radical (unpaired) electrons. The first-order valence-electron chi connectivity index (χ1n) is 4.64. The summed E-state index contributed by atoms with van der Waals surface area (Å²) in [7, 11) is 0. The van der Waals surface area contributed by atoms with Gasteiger partial charge in [0.25, 0.3) is 0 Å². The molecule has 0 atom stereocenters. The summed E-state index contributed by atoms with van der Waals surface area (Å²) in [6.07, 6.45) is 0.645. The van der Waals surface area contributed by atoms with Crippen LogP contribution in [0.3, 0.4) is 0 Å². The molecule has 0 saturated carbocycles. The second-order valence-electron chi connectivity index (χ2n) is 3.67. The molecule has 2 N–H and O–H groups in total. The van der Waals surface area contributed by atoms with Gasteiger partial charge in [0, 0.05) is 0 Å². The molecule has 4 nitrogen and oxygen atoms in total. The third kappa shape index (κ3) is 1.14. The molecule has 1 aromatic rings. The lowest BCUT2D eigenvalue weighted by atomic mass is 9.82. The molecule has 0 bridgehead atoms. The van der Waals surface area contributed by atoms with Crippen LogP contribution >= 0.6 is 0 Å². The van der Waals surface area contributed by atoms with Gasteiger partial charge in [-0.3, -0.25) is 9.59 Å². The molecule has 2 rings (SSSR count). The Kier molecular flexibility index (Phi) is 2.00. The van der Waals surface area contributed by atoms with Gasteiger partial charge < -0.3 is 10.2 Å². The lowest BCUT2D eigenvalue weighted by Gasteiger charge is -2.19. The van der Waals surface area contributed by atoms with E-state index in [1.165, 1.54) is 0 Å². The van der Waals surface area contributed by atoms with Crippen LogP contribution in [-0.2, 0) is 21.4 Å². The first-order valence-corrected chi connectivity index (χ1v) is 4.64. The minimum atomic E-state index is -1.74. The van der Waals surface area contributed by atoms with Crippen molar-refractivity contribution < 1.29 is 19.8 Å². The summed E-state index contributed by atoms with van der Waals surface area (Å²) in [5.74, 6) is -2.56. The van der Waals surface area contributed by atoms with E-state index in [1.54, 1.807) is 24.3 Å². The highest BCUT2D eigenvalue weighted by molar-refractivity contribution is 6.05. The van der Waals surface area contributed by atoms with Crippen LogP contribution in [0.2, 0.25) is 0 Å². The Morgan fingerprint density at radius 1 is 1.13 bits per heavy atom. The molecular formula is C11H10O4. The van der Waals surface area contributed by atoms with Crippen LogP contribution in [0, 0.1) is 0 Å². The molecule has 4 heteroatoms.